The molecule has 1 aromatic carbocycles. The summed E-state index contributed by atoms with van der Waals surface area (Å²) in [4.78, 5) is 27.7. The molecule has 0 aromatic heterocycles. The van der Waals surface area contributed by atoms with Crippen LogP contribution in [-0.4, -0.2) is 48.8 Å². The number of carbonyl (C=O) groups is 2. The van der Waals surface area contributed by atoms with Crippen LogP contribution in [0.15, 0.2) is 18.2 Å². The number of likely N-dealkylation sites (N-methyl/N-ethyl adjacent to an activating group) is 1. The summed E-state index contributed by atoms with van der Waals surface area (Å²) >= 11 is 0. The van der Waals surface area contributed by atoms with Crippen LogP contribution in [-0.2, 0) is 28.9 Å². The number of hydrogen-bond acceptors (Lipinski definition) is 2. The van der Waals surface area contributed by atoms with Crippen LogP contribution in [0.1, 0.15) is 42.9 Å². The lowest BCUT2D eigenvalue weighted by molar-refractivity contribution is -0.138. The predicted octanol–water partition coefficient (Wildman–Crippen LogP) is 2.43. The van der Waals surface area contributed by atoms with Crippen molar-refractivity contribution < 1.29 is 9.59 Å². The number of benzene rings is 1. The summed E-state index contributed by atoms with van der Waals surface area (Å²) in [6.45, 7) is 2.83. The van der Waals surface area contributed by atoms with Crippen molar-refractivity contribution in [1.29, 1.82) is 0 Å². The third kappa shape index (κ3) is 4.81. The molecule has 0 atom stereocenters. The van der Waals surface area contributed by atoms with Gasteiger partial charge >= 0.3 is 0 Å². The Kier molecular flexibility index (Phi) is 6.20. The maximum atomic E-state index is 12.6. The standard InChI is InChI=1S/C19H28N2O2/c1-4-11-21(14-19(23)20(2)3)18(22)13-15-9-10-16-7-5-6-8-17(16)12-15/h9-10,12H,4-8,11,13-14H2,1-3H3. The van der Waals surface area contributed by atoms with Gasteiger partial charge in [0.25, 0.3) is 0 Å². The Morgan fingerprint density at radius 1 is 1.04 bits per heavy atom. The molecule has 23 heavy (non-hydrogen) atoms. The molecule has 1 aliphatic rings. The van der Waals surface area contributed by atoms with Gasteiger partial charge in [-0.2, -0.15) is 0 Å². The highest BCUT2D eigenvalue weighted by molar-refractivity contribution is 5.85. The Labute approximate surface area is 139 Å². The van der Waals surface area contributed by atoms with Crippen LogP contribution in [0.2, 0.25) is 0 Å². The number of aryl methyl sites for hydroxylation is 2. The van der Waals surface area contributed by atoms with Crippen molar-refractivity contribution in [2.24, 2.45) is 0 Å². The molecule has 2 rings (SSSR count). The Balaban J connectivity index is 2.04. The number of carbonyl (C=O) groups excluding carboxylic acids is 2. The lowest BCUT2D eigenvalue weighted by Crippen LogP contribution is -2.41. The zero-order chi connectivity index (χ0) is 16.8. The molecule has 0 heterocycles. The van der Waals surface area contributed by atoms with Gasteiger partial charge in [0.1, 0.15) is 0 Å². The average Bonchev–Trinajstić information content (AvgIpc) is 2.54. The summed E-state index contributed by atoms with van der Waals surface area (Å²) in [5.41, 5.74) is 3.89. The highest BCUT2D eigenvalue weighted by Gasteiger charge is 2.18. The van der Waals surface area contributed by atoms with E-state index < -0.39 is 0 Å². The summed E-state index contributed by atoms with van der Waals surface area (Å²) in [5, 5.41) is 0. The SMILES string of the molecule is CCCN(CC(=O)N(C)C)C(=O)Cc1ccc2c(c1)CCCC2. The molecule has 126 valence electrons. The molecule has 0 spiro atoms. The molecular weight excluding hydrogens is 288 g/mol. The van der Waals surface area contributed by atoms with Crippen LogP contribution in [0, 0.1) is 0 Å². The Hall–Kier alpha value is -1.84. The molecule has 0 fully saturated rings. The second-order valence-corrected chi connectivity index (χ2v) is 6.59. The fraction of sp³-hybridized carbons (Fsp3) is 0.579. The molecule has 1 aromatic rings. The van der Waals surface area contributed by atoms with Gasteiger partial charge in [-0.25, -0.2) is 0 Å². The monoisotopic (exact) mass is 316 g/mol. The summed E-state index contributed by atoms with van der Waals surface area (Å²) in [6, 6.07) is 6.43. The van der Waals surface area contributed by atoms with E-state index in [1.54, 1.807) is 19.0 Å². The summed E-state index contributed by atoms with van der Waals surface area (Å²) in [6.07, 6.45) is 6.02. The van der Waals surface area contributed by atoms with Gasteiger partial charge in [0.2, 0.25) is 11.8 Å². The minimum Gasteiger partial charge on any atom is -0.347 e. The van der Waals surface area contributed by atoms with E-state index in [9.17, 15) is 9.59 Å². The zero-order valence-electron chi connectivity index (χ0n) is 14.6. The number of fused-ring (bicyclic) bond motifs is 1. The largest absolute Gasteiger partial charge is 0.347 e. The number of amides is 2. The van der Waals surface area contributed by atoms with Crippen LogP contribution < -0.4 is 0 Å². The average molecular weight is 316 g/mol. The van der Waals surface area contributed by atoms with Crippen LogP contribution in [0.25, 0.3) is 0 Å². The van der Waals surface area contributed by atoms with Crippen LogP contribution in [0.3, 0.4) is 0 Å². The van der Waals surface area contributed by atoms with Gasteiger partial charge in [-0.1, -0.05) is 25.1 Å². The lowest BCUT2D eigenvalue weighted by Gasteiger charge is -2.24. The third-order valence-electron chi connectivity index (χ3n) is 4.44. The highest BCUT2D eigenvalue weighted by Crippen LogP contribution is 2.22. The summed E-state index contributed by atoms with van der Waals surface area (Å²) in [7, 11) is 3.45. The van der Waals surface area contributed by atoms with Crippen molar-refractivity contribution in [1.82, 2.24) is 9.80 Å². The van der Waals surface area contributed by atoms with Gasteiger partial charge in [0, 0.05) is 20.6 Å². The molecule has 0 aliphatic heterocycles. The van der Waals surface area contributed by atoms with E-state index in [2.05, 4.69) is 18.2 Å². The van der Waals surface area contributed by atoms with E-state index in [1.807, 2.05) is 6.92 Å². The number of hydrogen-bond donors (Lipinski definition) is 0. The van der Waals surface area contributed by atoms with Gasteiger partial charge in [-0.15, -0.1) is 0 Å². The van der Waals surface area contributed by atoms with E-state index in [0.29, 0.717) is 13.0 Å². The minimum atomic E-state index is -0.0303. The van der Waals surface area contributed by atoms with E-state index >= 15 is 0 Å². The van der Waals surface area contributed by atoms with Crippen molar-refractivity contribution in [2.75, 3.05) is 27.2 Å². The Morgan fingerprint density at radius 3 is 2.39 bits per heavy atom. The molecule has 0 N–H and O–H groups in total. The molecule has 0 saturated heterocycles. The van der Waals surface area contributed by atoms with Crippen LogP contribution >= 0.6 is 0 Å². The fourth-order valence-electron chi connectivity index (χ4n) is 3.05. The maximum Gasteiger partial charge on any atom is 0.241 e. The predicted molar refractivity (Wildman–Crippen MR) is 92.4 cm³/mol. The first kappa shape index (κ1) is 17.5. The quantitative estimate of drug-likeness (QED) is 0.809. The molecular formula is C19H28N2O2. The van der Waals surface area contributed by atoms with Crippen molar-refractivity contribution in [2.45, 2.75) is 45.4 Å². The van der Waals surface area contributed by atoms with E-state index in [0.717, 1.165) is 24.8 Å². The Morgan fingerprint density at radius 2 is 1.74 bits per heavy atom. The molecule has 0 bridgehead atoms. The van der Waals surface area contributed by atoms with Gasteiger partial charge in [-0.3, -0.25) is 9.59 Å². The second kappa shape index (κ2) is 8.14. The van der Waals surface area contributed by atoms with Crippen LogP contribution in [0.4, 0.5) is 0 Å². The minimum absolute atomic E-state index is 0.0303. The van der Waals surface area contributed by atoms with Gasteiger partial charge in [0.15, 0.2) is 0 Å². The molecule has 4 heteroatoms. The van der Waals surface area contributed by atoms with E-state index in [-0.39, 0.29) is 18.4 Å². The molecule has 4 nitrogen and oxygen atoms in total. The van der Waals surface area contributed by atoms with Gasteiger partial charge < -0.3 is 9.80 Å². The summed E-state index contributed by atoms with van der Waals surface area (Å²) in [5.74, 6) is 0.00931. The van der Waals surface area contributed by atoms with Crippen molar-refractivity contribution in [3.05, 3.63) is 34.9 Å². The smallest absolute Gasteiger partial charge is 0.241 e. The highest BCUT2D eigenvalue weighted by atomic mass is 16.2. The van der Waals surface area contributed by atoms with Crippen LogP contribution in [0.5, 0.6) is 0 Å². The maximum absolute atomic E-state index is 12.6. The Bertz CT molecular complexity index is 566. The van der Waals surface area contributed by atoms with Crippen molar-refractivity contribution in [3.8, 4) is 0 Å². The molecule has 0 unspecified atom stereocenters. The lowest BCUT2D eigenvalue weighted by atomic mass is 9.90. The first-order valence-corrected chi connectivity index (χ1v) is 8.60. The van der Waals surface area contributed by atoms with E-state index in [4.69, 9.17) is 0 Å². The topological polar surface area (TPSA) is 40.6 Å². The third-order valence-corrected chi connectivity index (χ3v) is 4.44. The molecule has 2 amide bonds. The first-order valence-electron chi connectivity index (χ1n) is 8.60. The summed E-state index contributed by atoms with van der Waals surface area (Å²) < 4.78 is 0. The fourth-order valence-corrected chi connectivity index (χ4v) is 3.05. The van der Waals surface area contributed by atoms with E-state index in [1.165, 1.54) is 28.9 Å². The van der Waals surface area contributed by atoms with Gasteiger partial charge in [0.05, 0.1) is 13.0 Å². The first-order chi connectivity index (χ1) is 11.0. The van der Waals surface area contributed by atoms with Gasteiger partial charge in [-0.05, 0) is 48.8 Å². The number of rotatable bonds is 6. The van der Waals surface area contributed by atoms with Crippen molar-refractivity contribution >= 4 is 11.8 Å². The molecule has 1 aliphatic carbocycles. The zero-order valence-corrected chi connectivity index (χ0v) is 14.6. The second-order valence-electron chi connectivity index (χ2n) is 6.59. The normalized spacial score (nSPS) is 13.3. The number of nitrogens with zero attached hydrogens (tertiary/aromatic N) is 2. The molecule has 0 saturated carbocycles. The molecule has 0 radical (unpaired) electrons. The van der Waals surface area contributed by atoms with Crippen molar-refractivity contribution in [3.63, 3.8) is 0 Å².